The highest BCUT2D eigenvalue weighted by molar-refractivity contribution is 5.36. The smallest absolute Gasteiger partial charge is 0.219 e. The minimum Gasteiger partial charge on any atom is -0.439 e. The Morgan fingerprint density at radius 2 is 1.94 bits per heavy atom. The third-order valence-electron chi connectivity index (χ3n) is 2.49. The summed E-state index contributed by atoms with van der Waals surface area (Å²) in [5.41, 5.74) is 7.30. The van der Waals surface area contributed by atoms with E-state index in [1.165, 1.54) is 0 Å². The topological polar surface area (TPSA) is 71.9 Å². The number of benzene rings is 1. The lowest BCUT2D eigenvalue weighted by Gasteiger charge is -2.07. The molecule has 90 valence electrons. The molecular formula is C14H13N3O. The summed E-state index contributed by atoms with van der Waals surface area (Å²) in [6.07, 6.45) is 1.70. The summed E-state index contributed by atoms with van der Waals surface area (Å²) in [7, 11) is 0. The highest BCUT2D eigenvalue weighted by atomic mass is 16.5. The van der Waals surface area contributed by atoms with Gasteiger partial charge in [-0.15, -0.1) is 0 Å². The monoisotopic (exact) mass is 239 g/mol. The minimum absolute atomic E-state index is 0.0403. The van der Waals surface area contributed by atoms with Crippen LogP contribution in [0.4, 0.5) is 0 Å². The van der Waals surface area contributed by atoms with E-state index in [4.69, 9.17) is 15.7 Å². The second-order valence-corrected chi connectivity index (χ2v) is 3.96. The van der Waals surface area contributed by atoms with Crippen molar-refractivity contribution in [3.05, 3.63) is 53.7 Å². The third kappa shape index (κ3) is 2.84. The fourth-order valence-corrected chi connectivity index (χ4v) is 1.44. The number of hydrogen-bond acceptors (Lipinski definition) is 4. The highest BCUT2D eigenvalue weighted by Crippen LogP contribution is 2.20. The van der Waals surface area contributed by atoms with Gasteiger partial charge in [-0.05, 0) is 36.8 Å². The molecule has 2 aromatic rings. The van der Waals surface area contributed by atoms with Crippen molar-refractivity contribution >= 4 is 0 Å². The van der Waals surface area contributed by atoms with Crippen LogP contribution in [0.1, 0.15) is 24.1 Å². The molecule has 0 amide bonds. The van der Waals surface area contributed by atoms with Gasteiger partial charge in [0.15, 0.2) is 0 Å². The highest BCUT2D eigenvalue weighted by Gasteiger charge is 2.02. The molecule has 18 heavy (non-hydrogen) atoms. The van der Waals surface area contributed by atoms with Gasteiger partial charge < -0.3 is 10.5 Å². The predicted molar refractivity (Wildman–Crippen MR) is 68.1 cm³/mol. The molecule has 0 fully saturated rings. The minimum atomic E-state index is -0.0403. The molecule has 2 rings (SSSR count). The van der Waals surface area contributed by atoms with Gasteiger partial charge in [0, 0.05) is 18.3 Å². The average Bonchev–Trinajstić information content (AvgIpc) is 2.40. The number of nitrogens with zero attached hydrogens (tertiary/aromatic N) is 2. The normalized spacial score (nSPS) is 11.6. The van der Waals surface area contributed by atoms with Crippen molar-refractivity contribution in [3.8, 4) is 17.7 Å². The molecule has 4 nitrogen and oxygen atoms in total. The first-order valence-electron chi connectivity index (χ1n) is 5.58. The molecule has 0 radical (unpaired) electrons. The average molecular weight is 239 g/mol. The Morgan fingerprint density at radius 1 is 1.22 bits per heavy atom. The second-order valence-electron chi connectivity index (χ2n) is 3.96. The van der Waals surface area contributed by atoms with Crippen molar-refractivity contribution in [1.82, 2.24) is 4.98 Å². The van der Waals surface area contributed by atoms with E-state index in [9.17, 15) is 0 Å². The summed E-state index contributed by atoms with van der Waals surface area (Å²) in [5, 5.41) is 8.69. The number of aromatic nitrogens is 1. The summed E-state index contributed by atoms with van der Waals surface area (Å²) >= 11 is 0. The zero-order valence-electron chi connectivity index (χ0n) is 10.00. The predicted octanol–water partition coefficient (Wildman–Crippen LogP) is 2.77. The fourth-order valence-electron chi connectivity index (χ4n) is 1.44. The molecule has 1 atom stereocenters. The molecule has 0 aliphatic carbocycles. The first kappa shape index (κ1) is 12.1. The lowest BCUT2D eigenvalue weighted by molar-refractivity contribution is 0.462. The Bertz CT molecular complexity index is 553. The molecule has 1 aromatic carbocycles. The van der Waals surface area contributed by atoms with E-state index in [0.717, 1.165) is 5.56 Å². The van der Waals surface area contributed by atoms with Crippen molar-refractivity contribution in [2.75, 3.05) is 0 Å². The van der Waals surface area contributed by atoms with Crippen LogP contribution in [-0.2, 0) is 0 Å². The van der Waals surface area contributed by atoms with Crippen LogP contribution >= 0.6 is 0 Å². The number of rotatable bonds is 3. The molecule has 0 aliphatic heterocycles. The van der Waals surface area contributed by atoms with Crippen molar-refractivity contribution in [2.45, 2.75) is 13.0 Å². The first-order valence-corrected chi connectivity index (χ1v) is 5.58. The van der Waals surface area contributed by atoms with E-state index < -0.39 is 0 Å². The van der Waals surface area contributed by atoms with Crippen LogP contribution in [0.3, 0.4) is 0 Å². The van der Waals surface area contributed by atoms with Gasteiger partial charge in [-0.3, -0.25) is 0 Å². The summed E-state index contributed by atoms with van der Waals surface area (Å²) in [6, 6.07) is 12.5. The Morgan fingerprint density at radius 3 is 2.44 bits per heavy atom. The molecule has 1 heterocycles. The van der Waals surface area contributed by atoms with E-state index in [2.05, 4.69) is 11.1 Å². The summed E-state index contributed by atoms with van der Waals surface area (Å²) in [6.45, 7) is 1.90. The van der Waals surface area contributed by atoms with E-state index in [1.54, 1.807) is 36.5 Å². The van der Waals surface area contributed by atoms with Crippen LogP contribution in [0.25, 0.3) is 0 Å². The maximum Gasteiger partial charge on any atom is 0.219 e. The maximum atomic E-state index is 8.69. The number of pyridine rings is 1. The van der Waals surface area contributed by atoms with Crippen LogP contribution in [0.5, 0.6) is 11.6 Å². The molecule has 1 aromatic heterocycles. The lowest BCUT2D eigenvalue weighted by Crippen LogP contribution is -2.05. The lowest BCUT2D eigenvalue weighted by atomic mass is 10.2. The van der Waals surface area contributed by atoms with E-state index in [0.29, 0.717) is 17.2 Å². The van der Waals surface area contributed by atoms with E-state index >= 15 is 0 Å². The van der Waals surface area contributed by atoms with Gasteiger partial charge in [0.2, 0.25) is 5.88 Å². The van der Waals surface area contributed by atoms with Crippen LogP contribution in [0.2, 0.25) is 0 Å². The number of nitriles is 1. The zero-order valence-corrected chi connectivity index (χ0v) is 10.00. The first-order chi connectivity index (χ1) is 8.69. The molecule has 0 saturated heterocycles. The van der Waals surface area contributed by atoms with Gasteiger partial charge in [0.25, 0.3) is 0 Å². The summed E-state index contributed by atoms with van der Waals surface area (Å²) in [5.74, 6) is 1.15. The number of nitrogens with two attached hydrogens (primary N) is 1. The molecule has 0 aliphatic rings. The van der Waals surface area contributed by atoms with Crippen molar-refractivity contribution in [2.24, 2.45) is 5.73 Å². The number of hydrogen-bond donors (Lipinski definition) is 1. The molecule has 4 heteroatoms. The second kappa shape index (κ2) is 5.30. The molecule has 0 unspecified atom stereocenters. The molecular weight excluding hydrogens is 226 g/mol. The van der Waals surface area contributed by atoms with Crippen molar-refractivity contribution in [1.29, 1.82) is 5.26 Å². The van der Waals surface area contributed by atoms with Crippen LogP contribution in [-0.4, -0.2) is 4.98 Å². The quantitative estimate of drug-likeness (QED) is 0.893. The van der Waals surface area contributed by atoms with Gasteiger partial charge in [0.1, 0.15) is 5.75 Å². The fraction of sp³-hybridized carbons (Fsp3) is 0.143. The van der Waals surface area contributed by atoms with Crippen LogP contribution < -0.4 is 10.5 Å². The van der Waals surface area contributed by atoms with Crippen LogP contribution in [0, 0.1) is 11.3 Å². The van der Waals surface area contributed by atoms with Gasteiger partial charge in [-0.25, -0.2) is 4.98 Å². The van der Waals surface area contributed by atoms with E-state index in [-0.39, 0.29) is 6.04 Å². The molecule has 0 saturated carbocycles. The van der Waals surface area contributed by atoms with Gasteiger partial charge in [0.05, 0.1) is 11.6 Å². The third-order valence-corrected chi connectivity index (χ3v) is 2.49. The van der Waals surface area contributed by atoms with E-state index in [1.807, 2.05) is 13.0 Å². The van der Waals surface area contributed by atoms with Gasteiger partial charge >= 0.3 is 0 Å². The molecule has 0 spiro atoms. The summed E-state index contributed by atoms with van der Waals surface area (Å²) in [4.78, 5) is 4.17. The largest absolute Gasteiger partial charge is 0.439 e. The van der Waals surface area contributed by atoms with Crippen LogP contribution in [0.15, 0.2) is 42.6 Å². The molecule has 0 bridgehead atoms. The Kier molecular flexibility index (Phi) is 3.56. The Balaban J connectivity index is 2.11. The Labute approximate surface area is 106 Å². The summed E-state index contributed by atoms with van der Waals surface area (Å²) < 4.78 is 5.55. The SMILES string of the molecule is C[C@H](N)c1ccc(Oc2ccc(C#N)cc2)nc1. The van der Waals surface area contributed by atoms with Crippen molar-refractivity contribution < 1.29 is 4.74 Å². The zero-order chi connectivity index (χ0) is 13.0. The van der Waals surface area contributed by atoms with Crippen molar-refractivity contribution in [3.63, 3.8) is 0 Å². The Hall–Kier alpha value is -2.38. The molecule has 2 N–H and O–H groups in total. The number of ether oxygens (including phenoxy) is 1. The maximum absolute atomic E-state index is 8.69. The van der Waals surface area contributed by atoms with Gasteiger partial charge in [-0.2, -0.15) is 5.26 Å². The van der Waals surface area contributed by atoms with Gasteiger partial charge in [-0.1, -0.05) is 6.07 Å². The standard InChI is InChI=1S/C14H13N3O/c1-10(16)12-4-7-14(17-9-12)18-13-5-2-11(8-15)3-6-13/h2-7,9-10H,16H2,1H3/t10-/m0/s1.